The third-order valence-corrected chi connectivity index (χ3v) is 2.31. The van der Waals surface area contributed by atoms with Crippen molar-refractivity contribution in [1.29, 1.82) is 0 Å². The Morgan fingerprint density at radius 3 is 2.40 bits per heavy atom. The molecule has 0 aliphatic carbocycles. The van der Waals surface area contributed by atoms with Gasteiger partial charge in [0.05, 0.1) is 0 Å². The van der Waals surface area contributed by atoms with Crippen LogP contribution in [0.5, 0.6) is 0 Å². The molecule has 0 atom stereocenters. The Labute approximate surface area is 71.3 Å². The van der Waals surface area contributed by atoms with E-state index >= 15 is 0 Å². The summed E-state index contributed by atoms with van der Waals surface area (Å²) in [6.07, 6.45) is 0. The van der Waals surface area contributed by atoms with Gasteiger partial charge in [0.1, 0.15) is 0 Å². The molecule has 0 amide bonds. The van der Waals surface area contributed by atoms with Crippen molar-refractivity contribution in [3.8, 4) is 0 Å². The minimum absolute atomic E-state index is 0.223. The maximum atomic E-state index is 10.2. The summed E-state index contributed by atoms with van der Waals surface area (Å²) in [5.41, 5.74) is 0.223. The van der Waals surface area contributed by atoms with Crippen LogP contribution in [-0.2, 0) is 0 Å². The van der Waals surface area contributed by atoms with Gasteiger partial charge in [0.25, 0.3) is 0 Å². The second-order valence-corrected chi connectivity index (χ2v) is 3.31. The third kappa shape index (κ3) is 1.47. The molecule has 1 aromatic rings. The molecule has 0 aliphatic rings. The molecular formula is C6H4NO2Sn. The fourth-order valence-corrected chi connectivity index (χ4v) is 1.41. The van der Waals surface area contributed by atoms with Gasteiger partial charge in [-0.2, -0.15) is 0 Å². The molecule has 0 spiro atoms. The average molecular weight is 241 g/mol. The molecule has 0 N–H and O–H groups in total. The molecule has 3 nitrogen and oxygen atoms in total. The number of para-hydroxylation sites is 1. The zero-order valence-electron chi connectivity index (χ0n) is 5.07. The van der Waals surface area contributed by atoms with Gasteiger partial charge in [-0.3, -0.25) is 0 Å². The summed E-state index contributed by atoms with van der Waals surface area (Å²) in [5.74, 6) is 0. The summed E-state index contributed by atoms with van der Waals surface area (Å²) in [6, 6.07) is 6.75. The first kappa shape index (κ1) is 7.52. The van der Waals surface area contributed by atoms with Crippen LogP contribution in [0.25, 0.3) is 0 Å². The first-order chi connectivity index (χ1) is 4.72. The fraction of sp³-hybridized carbons (Fsp3) is 0. The molecule has 0 bridgehead atoms. The first-order valence-electron chi connectivity index (χ1n) is 2.67. The molecule has 0 aromatic heterocycles. The van der Waals surface area contributed by atoms with Gasteiger partial charge in [-0.05, 0) is 0 Å². The van der Waals surface area contributed by atoms with E-state index in [9.17, 15) is 10.1 Å². The van der Waals surface area contributed by atoms with E-state index in [1.54, 1.807) is 18.2 Å². The number of hydrogen-bond donors (Lipinski definition) is 0. The van der Waals surface area contributed by atoms with E-state index in [0.29, 0.717) is 0 Å². The van der Waals surface area contributed by atoms with Crippen LogP contribution < -0.4 is 3.58 Å². The number of nitrogens with zero attached hydrogens (tertiary/aromatic N) is 1. The van der Waals surface area contributed by atoms with Crippen molar-refractivity contribution in [1.82, 2.24) is 0 Å². The van der Waals surface area contributed by atoms with Crippen LogP contribution >= 0.6 is 0 Å². The molecule has 1 rings (SSSR count). The Hall–Kier alpha value is -0.581. The normalized spacial score (nSPS) is 9.30. The van der Waals surface area contributed by atoms with Gasteiger partial charge in [-0.15, -0.1) is 0 Å². The van der Waals surface area contributed by atoms with Crippen molar-refractivity contribution in [3.63, 3.8) is 0 Å². The number of hydrogen-bond acceptors (Lipinski definition) is 2. The zero-order chi connectivity index (χ0) is 7.56. The van der Waals surface area contributed by atoms with Crippen LogP contribution in [0.4, 0.5) is 5.69 Å². The average Bonchev–Trinajstić information content (AvgIpc) is 1.88. The summed E-state index contributed by atoms with van der Waals surface area (Å²) in [5, 5.41) is 10.2. The van der Waals surface area contributed by atoms with Crippen molar-refractivity contribution in [2.45, 2.75) is 0 Å². The standard InChI is InChI=1S/C6H4NO2.Sn/c8-7(9)6-4-2-1-3-5-6;/h1-4H;. The molecule has 49 valence electrons. The van der Waals surface area contributed by atoms with Gasteiger partial charge >= 0.3 is 71.1 Å². The number of nitro groups is 1. The van der Waals surface area contributed by atoms with Crippen LogP contribution in [0.15, 0.2) is 24.3 Å². The summed E-state index contributed by atoms with van der Waals surface area (Å²) < 4.78 is 0.791. The summed E-state index contributed by atoms with van der Waals surface area (Å²) in [4.78, 5) is 9.88. The van der Waals surface area contributed by atoms with Crippen molar-refractivity contribution in [2.75, 3.05) is 0 Å². The SMILES string of the molecule is O=[N+]([O-])c1cccc[c]1[Sn]. The summed E-state index contributed by atoms with van der Waals surface area (Å²) in [6.45, 7) is 0. The molecule has 10 heavy (non-hydrogen) atoms. The monoisotopic (exact) mass is 242 g/mol. The number of nitro benzene ring substituents is 1. The van der Waals surface area contributed by atoms with Gasteiger partial charge in [-0.1, -0.05) is 0 Å². The number of rotatable bonds is 1. The molecule has 0 saturated carbocycles. The van der Waals surface area contributed by atoms with Crippen LogP contribution in [-0.4, -0.2) is 27.4 Å². The molecule has 0 unspecified atom stereocenters. The maximum absolute atomic E-state index is 10.2. The van der Waals surface area contributed by atoms with Gasteiger partial charge < -0.3 is 0 Å². The quantitative estimate of drug-likeness (QED) is 0.405. The second kappa shape index (κ2) is 3.00. The van der Waals surface area contributed by atoms with E-state index in [-0.39, 0.29) is 10.6 Å². The number of benzene rings is 1. The van der Waals surface area contributed by atoms with Gasteiger partial charge in [-0.25, -0.2) is 0 Å². The Kier molecular flexibility index (Phi) is 2.26. The molecule has 1 aromatic carbocycles. The van der Waals surface area contributed by atoms with E-state index in [1.807, 2.05) is 0 Å². The third-order valence-electron chi connectivity index (χ3n) is 1.10. The Bertz CT molecular complexity index is 262. The van der Waals surface area contributed by atoms with E-state index in [0.717, 1.165) is 26.1 Å². The van der Waals surface area contributed by atoms with Crippen LogP contribution in [0.1, 0.15) is 0 Å². The summed E-state index contributed by atoms with van der Waals surface area (Å²) >= 11 is 1.08. The zero-order valence-corrected chi connectivity index (χ0v) is 7.93. The molecule has 0 aliphatic heterocycles. The van der Waals surface area contributed by atoms with Crippen molar-refractivity contribution in [3.05, 3.63) is 34.4 Å². The second-order valence-electron chi connectivity index (χ2n) is 1.77. The first-order valence-corrected chi connectivity index (χ1v) is 4.09. The minimum atomic E-state index is -0.357. The summed E-state index contributed by atoms with van der Waals surface area (Å²) in [7, 11) is 0. The topological polar surface area (TPSA) is 43.1 Å². The molecule has 4 heteroatoms. The Morgan fingerprint density at radius 1 is 1.40 bits per heavy atom. The fourth-order valence-electron chi connectivity index (χ4n) is 0.633. The van der Waals surface area contributed by atoms with Crippen LogP contribution in [0, 0.1) is 10.1 Å². The van der Waals surface area contributed by atoms with Crippen molar-refractivity contribution < 1.29 is 4.92 Å². The Balaban J connectivity index is 3.15. The molecule has 0 fully saturated rings. The van der Waals surface area contributed by atoms with Gasteiger partial charge in [0.15, 0.2) is 0 Å². The molecule has 0 heterocycles. The van der Waals surface area contributed by atoms with Gasteiger partial charge in [0, 0.05) is 0 Å². The predicted molar refractivity (Wildman–Crippen MR) is 38.5 cm³/mol. The molecular weight excluding hydrogens is 237 g/mol. The van der Waals surface area contributed by atoms with E-state index < -0.39 is 0 Å². The Morgan fingerprint density at radius 2 is 2.00 bits per heavy atom. The van der Waals surface area contributed by atoms with Crippen LogP contribution in [0.2, 0.25) is 0 Å². The van der Waals surface area contributed by atoms with Gasteiger partial charge in [0.2, 0.25) is 0 Å². The predicted octanol–water partition coefficient (Wildman–Crippen LogP) is 0.389. The molecule has 3 radical (unpaired) electrons. The van der Waals surface area contributed by atoms with E-state index in [1.165, 1.54) is 6.07 Å². The van der Waals surface area contributed by atoms with Crippen LogP contribution in [0.3, 0.4) is 0 Å². The van der Waals surface area contributed by atoms with E-state index in [4.69, 9.17) is 0 Å². The van der Waals surface area contributed by atoms with E-state index in [2.05, 4.69) is 0 Å². The van der Waals surface area contributed by atoms with Crippen molar-refractivity contribution >= 4 is 31.8 Å². The molecule has 0 saturated heterocycles. The van der Waals surface area contributed by atoms with Crippen molar-refractivity contribution in [2.24, 2.45) is 0 Å².